The van der Waals surface area contributed by atoms with Crippen LogP contribution in [-0.4, -0.2) is 33.8 Å². The zero-order chi connectivity index (χ0) is 22.0. The molecule has 2 aromatic carbocycles. The largest absolute Gasteiger partial charge is 0.507 e. The van der Waals surface area contributed by atoms with Crippen molar-refractivity contribution in [3.63, 3.8) is 0 Å². The van der Waals surface area contributed by atoms with E-state index >= 15 is 0 Å². The second kappa shape index (κ2) is 8.39. The molecule has 0 bridgehead atoms. The van der Waals surface area contributed by atoms with Crippen molar-refractivity contribution >= 4 is 17.4 Å². The number of nitrogens with zero attached hydrogens (tertiary/aromatic N) is 2. The zero-order valence-electron chi connectivity index (χ0n) is 16.7. The van der Waals surface area contributed by atoms with Gasteiger partial charge in [-0.3, -0.25) is 14.6 Å². The molecule has 0 spiro atoms. The molecule has 4 rings (SSSR count). The van der Waals surface area contributed by atoms with Crippen LogP contribution in [0, 0.1) is 5.82 Å². The Kier molecular flexibility index (Phi) is 5.49. The summed E-state index contributed by atoms with van der Waals surface area (Å²) in [6, 6.07) is 14.7. The molecule has 1 saturated heterocycles. The van der Waals surface area contributed by atoms with Gasteiger partial charge < -0.3 is 14.7 Å². The molecular formula is C24H19FN2O4. The number of Topliss-reactive ketones (excluding diaryl/α,β-unsaturated/α-hetero) is 1. The van der Waals surface area contributed by atoms with Gasteiger partial charge in [-0.25, -0.2) is 4.39 Å². The van der Waals surface area contributed by atoms with E-state index in [0.29, 0.717) is 16.9 Å². The molecule has 1 amide bonds. The molecule has 0 radical (unpaired) electrons. The number of carbonyl (C=O) groups is 2. The third kappa shape index (κ3) is 3.90. The molecule has 1 aromatic heterocycles. The molecule has 6 nitrogen and oxygen atoms in total. The summed E-state index contributed by atoms with van der Waals surface area (Å²) in [6.45, 7) is 0.129. The fourth-order valence-corrected chi connectivity index (χ4v) is 3.65. The lowest BCUT2D eigenvalue weighted by atomic mass is 9.95. The molecule has 2 heterocycles. The van der Waals surface area contributed by atoms with Crippen LogP contribution in [0.2, 0.25) is 0 Å². The molecule has 1 unspecified atom stereocenters. The average Bonchev–Trinajstić information content (AvgIpc) is 3.05. The Morgan fingerprint density at radius 1 is 1.10 bits per heavy atom. The van der Waals surface area contributed by atoms with Crippen LogP contribution in [0.1, 0.15) is 22.7 Å². The highest BCUT2D eigenvalue weighted by molar-refractivity contribution is 6.46. The van der Waals surface area contributed by atoms with E-state index in [2.05, 4.69) is 4.98 Å². The topological polar surface area (TPSA) is 79.7 Å². The number of pyridine rings is 1. The first-order valence-corrected chi connectivity index (χ1v) is 9.57. The van der Waals surface area contributed by atoms with Crippen LogP contribution in [0.15, 0.2) is 78.6 Å². The number of aliphatic hydroxyl groups excluding tert-OH is 1. The van der Waals surface area contributed by atoms with Crippen LogP contribution in [0.4, 0.5) is 4.39 Å². The van der Waals surface area contributed by atoms with Crippen molar-refractivity contribution in [1.29, 1.82) is 0 Å². The number of halogens is 1. The fraction of sp³-hybridized carbons (Fsp3) is 0.125. The Balaban J connectivity index is 1.86. The highest BCUT2D eigenvalue weighted by Gasteiger charge is 2.46. The van der Waals surface area contributed by atoms with E-state index < -0.39 is 23.5 Å². The number of carbonyl (C=O) groups excluding carboxylic acids is 2. The normalized spacial score (nSPS) is 17.7. The number of ketones is 1. The average molecular weight is 418 g/mol. The standard InChI is InChI=1S/C24H19FN2O4/c1-31-19-4-2-3-17(13-19)22(28)20-21(16-5-7-18(25)8-6-16)27(24(30)23(20)29)14-15-9-11-26-12-10-15/h2-13,21,28H,14H2,1H3. The van der Waals surface area contributed by atoms with Gasteiger partial charge in [-0.1, -0.05) is 24.3 Å². The minimum Gasteiger partial charge on any atom is -0.507 e. The number of aromatic nitrogens is 1. The molecule has 1 aliphatic heterocycles. The summed E-state index contributed by atoms with van der Waals surface area (Å²) in [6.07, 6.45) is 3.18. The van der Waals surface area contributed by atoms with Gasteiger partial charge in [0.1, 0.15) is 17.3 Å². The minimum atomic E-state index is -0.875. The maximum absolute atomic E-state index is 13.5. The predicted octanol–water partition coefficient (Wildman–Crippen LogP) is 3.85. The maximum atomic E-state index is 13.5. The maximum Gasteiger partial charge on any atom is 0.295 e. The molecule has 31 heavy (non-hydrogen) atoms. The van der Waals surface area contributed by atoms with Crippen molar-refractivity contribution in [3.05, 3.63) is 101 Å². The summed E-state index contributed by atoms with van der Waals surface area (Å²) in [5.74, 6) is -1.81. The molecular weight excluding hydrogens is 399 g/mol. The lowest BCUT2D eigenvalue weighted by Crippen LogP contribution is -2.29. The zero-order valence-corrected chi connectivity index (χ0v) is 16.7. The number of aliphatic hydroxyl groups is 1. The van der Waals surface area contributed by atoms with Crippen molar-refractivity contribution in [2.24, 2.45) is 0 Å². The van der Waals surface area contributed by atoms with Crippen molar-refractivity contribution in [3.8, 4) is 5.75 Å². The highest BCUT2D eigenvalue weighted by atomic mass is 19.1. The number of amides is 1. The molecule has 0 aliphatic carbocycles. The van der Waals surface area contributed by atoms with E-state index in [0.717, 1.165) is 5.56 Å². The number of hydrogen-bond donors (Lipinski definition) is 1. The number of ether oxygens (including phenoxy) is 1. The monoisotopic (exact) mass is 418 g/mol. The van der Waals surface area contributed by atoms with E-state index in [4.69, 9.17) is 4.74 Å². The van der Waals surface area contributed by atoms with E-state index in [1.165, 1.54) is 36.3 Å². The van der Waals surface area contributed by atoms with Gasteiger partial charge >= 0.3 is 0 Å². The third-order valence-corrected chi connectivity index (χ3v) is 5.17. The van der Waals surface area contributed by atoms with Crippen LogP contribution >= 0.6 is 0 Å². The van der Waals surface area contributed by atoms with Crippen molar-refractivity contribution < 1.29 is 23.8 Å². The summed E-state index contributed by atoms with van der Waals surface area (Å²) < 4.78 is 18.7. The number of rotatable bonds is 5. The second-order valence-corrected chi connectivity index (χ2v) is 7.07. The number of benzene rings is 2. The molecule has 3 aromatic rings. The highest BCUT2D eigenvalue weighted by Crippen LogP contribution is 2.40. The molecule has 1 aliphatic rings. The van der Waals surface area contributed by atoms with Gasteiger partial charge in [0.2, 0.25) is 0 Å². The molecule has 1 N–H and O–H groups in total. The first-order chi connectivity index (χ1) is 15.0. The van der Waals surface area contributed by atoms with Gasteiger partial charge in [-0.15, -0.1) is 0 Å². The summed E-state index contributed by atoms with van der Waals surface area (Å²) in [5.41, 5.74) is 1.57. The molecule has 0 saturated carbocycles. The Morgan fingerprint density at radius 2 is 1.81 bits per heavy atom. The van der Waals surface area contributed by atoms with E-state index in [1.807, 2.05) is 0 Å². The van der Waals surface area contributed by atoms with Crippen molar-refractivity contribution in [2.45, 2.75) is 12.6 Å². The van der Waals surface area contributed by atoms with E-state index in [1.54, 1.807) is 48.8 Å². The lowest BCUT2D eigenvalue weighted by Gasteiger charge is -2.25. The molecule has 7 heteroatoms. The molecule has 1 fully saturated rings. The first kappa shape index (κ1) is 20.3. The van der Waals surface area contributed by atoms with Crippen LogP contribution in [-0.2, 0) is 16.1 Å². The summed E-state index contributed by atoms with van der Waals surface area (Å²) in [7, 11) is 1.49. The Labute approximate surface area is 178 Å². The quantitative estimate of drug-likeness (QED) is 0.387. The second-order valence-electron chi connectivity index (χ2n) is 7.07. The SMILES string of the molecule is COc1cccc(C(O)=C2C(=O)C(=O)N(Cc3ccncc3)C2c2ccc(F)cc2)c1. The number of likely N-dealkylation sites (tertiary alicyclic amines) is 1. The smallest absolute Gasteiger partial charge is 0.295 e. The minimum absolute atomic E-state index is 0.0566. The van der Waals surface area contributed by atoms with Gasteiger partial charge in [0, 0.05) is 24.5 Å². The molecule has 156 valence electrons. The summed E-state index contributed by atoms with van der Waals surface area (Å²) in [4.78, 5) is 31.3. The van der Waals surface area contributed by atoms with E-state index in [-0.39, 0.29) is 17.9 Å². The third-order valence-electron chi connectivity index (χ3n) is 5.17. The van der Waals surface area contributed by atoms with Crippen LogP contribution in [0.5, 0.6) is 5.75 Å². The van der Waals surface area contributed by atoms with Crippen LogP contribution in [0.25, 0.3) is 5.76 Å². The van der Waals surface area contributed by atoms with E-state index in [9.17, 15) is 19.1 Å². The van der Waals surface area contributed by atoms with Gasteiger partial charge in [-0.05, 0) is 47.5 Å². The Morgan fingerprint density at radius 3 is 2.48 bits per heavy atom. The first-order valence-electron chi connectivity index (χ1n) is 9.57. The fourth-order valence-electron chi connectivity index (χ4n) is 3.65. The lowest BCUT2D eigenvalue weighted by molar-refractivity contribution is -0.140. The van der Waals surface area contributed by atoms with Gasteiger partial charge in [0.15, 0.2) is 0 Å². The van der Waals surface area contributed by atoms with Crippen LogP contribution in [0.3, 0.4) is 0 Å². The number of hydrogen-bond acceptors (Lipinski definition) is 5. The number of methoxy groups -OCH3 is 1. The summed E-state index contributed by atoms with van der Waals surface area (Å²) >= 11 is 0. The predicted molar refractivity (Wildman–Crippen MR) is 111 cm³/mol. The van der Waals surface area contributed by atoms with Crippen molar-refractivity contribution in [2.75, 3.05) is 7.11 Å². The van der Waals surface area contributed by atoms with Crippen LogP contribution < -0.4 is 4.74 Å². The van der Waals surface area contributed by atoms with Crippen molar-refractivity contribution in [1.82, 2.24) is 9.88 Å². The Bertz CT molecular complexity index is 1160. The summed E-state index contributed by atoms with van der Waals surface area (Å²) in [5, 5.41) is 11.0. The van der Waals surface area contributed by atoms with Gasteiger partial charge in [0.05, 0.1) is 18.7 Å². The molecule has 1 atom stereocenters. The van der Waals surface area contributed by atoms with Gasteiger partial charge in [-0.2, -0.15) is 0 Å². The Hall–Kier alpha value is -4.00. The van der Waals surface area contributed by atoms with Gasteiger partial charge in [0.25, 0.3) is 11.7 Å².